The van der Waals surface area contributed by atoms with Crippen molar-refractivity contribution in [3.8, 4) is 45.5 Å². The number of ether oxygens (including phenoxy) is 6. The fourth-order valence-corrected chi connectivity index (χ4v) is 12.2. The van der Waals surface area contributed by atoms with E-state index in [0.717, 1.165) is 72.2 Å². The van der Waals surface area contributed by atoms with Crippen molar-refractivity contribution in [1.29, 1.82) is 0 Å². The van der Waals surface area contributed by atoms with Gasteiger partial charge in [0.15, 0.2) is 11.4 Å². The number of benzene rings is 4. The molecule has 20 heteroatoms. The van der Waals surface area contributed by atoms with Crippen LogP contribution < -0.4 is 40.2 Å². The smallest absolute Gasteiger partial charge is 0.307 e. The summed E-state index contributed by atoms with van der Waals surface area (Å²) in [6.45, 7) is 16.3. The van der Waals surface area contributed by atoms with E-state index in [1.54, 1.807) is 34.1 Å². The Hall–Kier alpha value is -8.68. The summed E-state index contributed by atoms with van der Waals surface area (Å²) in [7, 11) is 3.26. The number of carbonyl (C=O) groups is 6. The van der Waals surface area contributed by atoms with E-state index in [4.69, 9.17) is 38.6 Å². The van der Waals surface area contributed by atoms with Crippen molar-refractivity contribution in [3.05, 3.63) is 132 Å². The molecule has 2 aliphatic carbocycles. The molecular formula is C74H100N8O12. The Labute approximate surface area is 555 Å². The van der Waals surface area contributed by atoms with Gasteiger partial charge in [-0.05, 0) is 136 Å². The summed E-state index contributed by atoms with van der Waals surface area (Å²) in [6.07, 6.45) is 11.5. The average Bonchev–Trinajstić information content (AvgIpc) is 1.59. The van der Waals surface area contributed by atoms with Crippen molar-refractivity contribution in [2.75, 3.05) is 40.5 Å². The third-order valence-electron chi connectivity index (χ3n) is 16.8. The Morgan fingerprint density at radius 3 is 1.45 bits per heavy atom. The number of hydrogen-bond acceptors (Lipinski definition) is 14. The molecule has 0 spiro atoms. The molecule has 508 valence electrons. The highest BCUT2D eigenvalue weighted by atomic mass is 16.5. The Morgan fingerprint density at radius 2 is 0.989 bits per heavy atom. The van der Waals surface area contributed by atoms with Crippen molar-refractivity contribution in [1.82, 2.24) is 40.8 Å². The van der Waals surface area contributed by atoms with Crippen LogP contribution in [0.5, 0.6) is 23.0 Å². The first-order chi connectivity index (χ1) is 45.4. The molecule has 2 aromatic heterocycles. The van der Waals surface area contributed by atoms with Crippen molar-refractivity contribution >= 4 is 35.6 Å². The van der Waals surface area contributed by atoms with Gasteiger partial charge in [-0.25, -0.2) is 0 Å². The Morgan fingerprint density at radius 1 is 0.543 bits per heavy atom. The summed E-state index contributed by atoms with van der Waals surface area (Å²) in [5.41, 5.74) is 5.62. The number of hydrogen-bond donors (Lipinski definition) is 4. The molecule has 20 nitrogen and oxygen atoms in total. The summed E-state index contributed by atoms with van der Waals surface area (Å²) in [5.74, 6) is 2.23. The highest BCUT2D eigenvalue weighted by Crippen LogP contribution is 2.44. The first-order valence-electron chi connectivity index (χ1n) is 33.8. The third kappa shape index (κ3) is 22.8. The summed E-state index contributed by atoms with van der Waals surface area (Å²) >= 11 is 0. The maximum absolute atomic E-state index is 13.8. The molecule has 8 rings (SSSR count). The lowest BCUT2D eigenvalue weighted by Crippen LogP contribution is -2.40. The maximum atomic E-state index is 13.8. The summed E-state index contributed by atoms with van der Waals surface area (Å²) in [4.78, 5) is 76.5. The van der Waals surface area contributed by atoms with Crippen LogP contribution in [0.4, 0.5) is 0 Å². The zero-order valence-electron chi connectivity index (χ0n) is 56.7. The molecule has 4 amide bonds. The van der Waals surface area contributed by atoms with Crippen molar-refractivity contribution < 1.29 is 57.2 Å². The first kappa shape index (κ1) is 72.7. The van der Waals surface area contributed by atoms with Crippen LogP contribution in [0, 0.1) is 23.7 Å². The minimum absolute atomic E-state index is 0.0881. The standard InChI is InChI=1S/2C37H50N4O6/c1-6-46-35(43)19-20-38-34(42)22-28(21-25(2)3)39-37(44)30-23-31(41(40-30)29-17-15-26(4)16-18-29)36-32(45-5)13-10-14-33(36)47-24-27-11-8-7-9-12-27;1-5-46-35(43)19-20-38-34(42)22-29(21-26(2)3)39-37(44)30-23-31(41(40-30)24-27-13-8-6-9-14-27)36-32(45-4)17-12-18-33(36)47-25-28-15-10-7-11-16-28/h7-14,23,25-26,28-29H,6,15-22,24H2,1-5H3,(H,38,42)(H,39,44);7,10-12,15-18,23,26-27,29H,5-6,8-9,13-14,19-22,24-25H2,1-4H3,(H,38,42)(H,39,44)/t26?,28-,29?;29-/m00/s1. The minimum atomic E-state index is -0.412. The second-order valence-corrected chi connectivity index (χ2v) is 25.4. The van der Waals surface area contributed by atoms with Crippen LogP contribution in [0.15, 0.2) is 109 Å². The van der Waals surface area contributed by atoms with Crippen LogP contribution in [0.1, 0.15) is 183 Å². The molecule has 94 heavy (non-hydrogen) atoms. The number of amides is 4. The molecule has 4 N–H and O–H groups in total. The molecule has 2 fully saturated rings. The third-order valence-corrected chi connectivity index (χ3v) is 16.8. The zero-order valence-corrected chi connectivity index (χ0v) is 56.7. The lowest BCUT2D eigenvalue weighted by Gasteiger charge is -2.28. The number of methoxy groups -OCH3 is 2. The topological polar surface area (TPSA) is 242 Å². The van der Waals surface area contributed by atoms with Gasteiger partial charge < -0.3 is 49.7 Å². The molecule has 0 unspecified atom stereocenters. The summed E-state index contributed by atoms with van der Waals surface area (Å²) < 4.78 is 38.2. The first-order valence-corrected chi connectivity index (χ1v) is 33.8. The van der Waals surface area contributed by atoms with Gasteiger partial charge in [-0.1, -0.05) is 127 Å². The molecule has 0 aliphatic heterocycles. The molecule has 2 aliphatic rings. The SMILES string of the molecule is CCOC(=O)CCNC(=O)C[C@H](CC(C)C)NC(=O)c1cc(-c2c(OC)cccc2OCc2ccccc2)n(C2CCC(C)CC2)n1.CCOC(=O)CCNC(=O)C[C@H](CC(C)C)NC(=O)c1cc(-c2c(OC)cccc2OCc2ccccc2)n(CC2CCCCC2)n1. The molecule has 2 heterocycles. The van der Waals surface area contributed by atoms with Gasteiger partial charge in [0.2, 0.25) is 11.8 Å². The normalized spacial score (nSPS) is 15.4. The zero-order chi connectivity index (χ0) is 67.4. The largest absolute Gasteiger partial charge is 0.496 e. The van der Waals surface area contributed by atoms with Crippen LogP contribution in [0.3, 0.4) is 0 Å². The molecule has 0 saturated heterocycles. The Bertz CT molecular complexity index is 3350. The fourth-order valence-electron chi connectivity index (χ4n) is 12.2. The van der Waals surface area contributed by atoms with Gasteiger partial charge in [-0.3, -0.25) is 38.1 Å². The van der Waals surface area contributed by atoms with E-state index in [1.165, 1.54) is 19.3 Å². The fraction of sp³-hybridized carbons (Fsp3) is 0.514. The van der Waals surface area contributed by atoms with Crippen molar-refractivity contribution in [2.45, 2.75) is 183 Å². The number of esters is 2. The predicted octanol–water partition coefficient (Wildman–Crippen LogP) is 12.8. The maximum Gasteiger partial charge on any atom is 0.307 e. The van der Waals surface area contributed by atoms with Gasteiger partial charge >= 0.3 is 11.9 Å². The second-order valence-electron chi connectivity index (χ2n) is 25.4. The van der Waals surface area contributed by atoms with Gasteiger partial charge in [0.25, 0.3) is 11.8 Å². The molecule has 0 radical (unpaired) electrons. The van der Waals surface area contributed by atoms with Gasteiger partial charge in [0.1, 0.15) is 36.2 Å². The van der Waals surface area contributed by atoms with Crippen LogP contribution in [-0.4, -0.2) is 108 Å². The molecule has 6 aromatic rings. The number of rotatable bonds is 33. The predicted molar refractivity (Wildman–Crippen MR) is 362 cm³/mol. The average molecular weight is 1290 g/mol. The second kappa shape index (κ2) is 37.9. The lowest BCUT2D eigenvalue weighted by atomic mass is 9.87. The van der Waals surface area contributed by atoms with E-state index < -0.39 is 12.1 Å². The Kier molecular flexibility index (Phi) is 29.3. The summed E-state index contributed by atoms with van der Waals surface area (Å²) in [6, 6.07) is 34.3. The number of nitrogens with zero attached hydrogens (tertiary/aromatic N) is 4. The van der Waals surface area contributed by atoms with Crippen LogP contribution in [-0.2, 0) is 48.4 Å². The van der Waals surface area contributed by atoms with Crippen molar-refractivity contribution in [3.63, 3.8) is 0 Å². The number of nitrogens with one attached hydrogen (secondary N) is 4. The van der Waals surface area contributed by atoms with E-state index in [-0.39, 0.29) is 104 Å². The van der Waals surface area contributed by atoms with Crippen LogP contribution in [0.2, 0.25) is 0 Å². The highest BCUT2D eigenvalue weighted by molar-refractivity contribution is 5.95. The van der Waals surface area contributed by atoms with E-state index in [9.17, 15) is 28.8 Å². The number of aromatic nitrogens is 4. The van der Waals surface area contributed by atoms with Gasteiger partial charge in [-0.2, -0.15) is 10.2 Å². The van der Waals surface area contributed by atoms with Gasteiger partial charge in [0.05, 0.1) is 68.8 Å². The highest BCUT2D eigenvalue weighted by Gasteiger charge is 2.31. The minimum Gasteiger partial charge on any atom is -0.496 e. The van der Waals surface area contributed by atoms with Gasteiger partial charge in [-0.15, -0.1) is 0 Å². The molecule has 0 bridgehead atoms. The van der Waals surface area contributed by atoms with Crippen LogP contribution >= 0.6 is 0 Å². The Balaban J connectivity index is 0.000000266. The molecule has 4 aromatic carbocycles. The van der Waals surface area contributed by atoms with E-state index >= 15 is 0 Å². The number of carbonyl (C=O) groups excluding carboxylic acids is 6. The van der Waals surface area contributed by atoms with E-state index in [1.807, 2.05) is 140 Å². The lowest BCUT2D eigenvalue weighted by molar-refractivity contribution is -0.144. The van der Waals surface area contributed by atoms with E-state index in [2.05, 4.69) is 28.2 Å². The van der Waals surface area contributed by atoms with Crippen LogP contribution in [0.25, 0.3) is 22.5 Å². The van der Waals surface area contributed by atoms with Crippen molar-refractivity contribution in [2.24, 2.45) is 23.7 Å². The molecule has 2 atom stereocenters. The van der Waals surface area contributed by atoms with Gasteiger partial charge in [0, 0.05) is 44.6 Å². The monoisotopic (exact) mass is 1290 g/mol. The quantitative estimate of drug-likeness (QED) is 0.0280. The molecule has 2 saturated carbocycles. The summed E-state index contributed by atoms with van der Waals surface area (Å²) in [5, 5.41) is 21.5. The van der Waals surface area contributed by atoms with E-state index in [0.29, 0.717) is 80.6 Å². The molecular weight excluding hydrogens is 1190 g/mol.